The summed E-state index contributed by atoms with van der Waals surface area (Å²) in [6, 6.07) is 0. The first-order chi connectivity index (χ1) is 9.07. The monoisotopic (exact) mass is 265 g/mol. The summed E-state index contributed by atoms with van der Waals surface area (Å²) in [7, 11) is 0. The van der Waals surface area contributed by atoms with E-state index in [1.165, 1.54) is 19.3 Å². The minimum absolute atomic E-state index is 0.253. The van der Waals surface area contributed by atoms with Crippen LogP contribution in [0.3, 0.4) is 0 Å². The minimum Gasteiger partial charge on any atom is -0.383 e. The molecule has 0 radical (unpaired) electrons. The van der Waals surface area contributed by atoms with Crippen LogP contribution in [0.4, 0.5) is 0 Å². The van der Waals surface area contributed by atoms with Crippen LogP contribution >= 0.6 is 0 Å². The summed E-state index contributed by atoms with van der Waals surface area (Å²) in [6.07, 6.45) is 8.06. The second-order valence-electron chi connectivity index (χ2n) is 6.08. The van der Waals surface area contributed by atoms with Gasteiger partial charge < -0.3 is 9.67 Å². The molecule has 1 aromatic rings. The first-order valence-corrected chi connectivity index (χ1v) is 7.51. The average Bonchev–Trinajstić information content (AvgIpc) is 2.87. The quantitative estimate of drug-likeness (QED) is 0.889. The van der Waals surface area contributed by atoms with Gasteiger partial charge in [0, 0.05) is 24.5 Å². The van der Waals surface area contributed by atoms with Gasteiger partial charge in [-0.3, -0.25) is 4.90 Å². The van der Waals surface area contributed by atoms with Crippen molar-refractivity contribution in [1.29, 1.82) is 0 Å². The van der Waals surface area contributed by atoms with Crippen molar-refractivity contribution < 1.29 is 5.11 Å². The third kappa shape index (κ3) is 3.00. The Morgan fingerprint density at radius 1 is 1.32 bits per heavy atom. The van der Waals surface area contributed by atoms with Crippen molar-refractivity contribution in [2.75, 3.05) is 13.1 Å². The number of hydrogen-bond acceptors (Lipinski definition) is 3. The van der Waals surface area contributed by atoms with E-state index in [0.717, 1.165) is 31.9 Å². The maximum Gasteiger partial charge on any atom is 0.139 e. The molecule has 108 valence electrons. The first kappa shape index (κ1) is 14.5. The zero-order chi connectivity index (χ0) is 13.9. The lowest BCUT2D eigenvalue weighted by atomic mass is 9.91. The standard InChI is InChI=1S/C15H27N3O/c1-4-9-17-12-8-16-14(17)13(19)15(2,3)18-10-6-5-7-11-18/h8,12-13,19H,4-7,9-11H2,1-3H3. The van der Waals surface area contributed by atoms with Crippen molar-refractivity contribution in [2.45, 2.75) is 64.6 Å². The highest BCUT2D eigenvalue weighted by Crippen LogP contribution is 2.32. The Bertz CT molecular complexity index is 394. The van der Waals surface area contributed by atoms with Crippen molar-refractivity contribution in [3.8, 4) is 0 Å². The predicted molar refractivity (Wildman–Crippen MR) is 77.0 cm³/mol. The smallest absolute Gasteiger partial charge is 0.139 e. The van der Waals surface area contributed by atoms with Gasteiger partial charge in [-0.25, -0.2) is 4.98 Å². The van der Waals surface area contributed by atoms with Crippen LogP contribution in [-0.2, 0) is 6.54 Å². The molecule has 1 unspecified atom stereocenters. The van der Waals surface area contributed by atoms with Gasteiger partial charge in [-0.1, -0.05) is 13.3 Å². The zero-order valence-electron chi connectivity index (χ0n) is 12.5. The third-order valence-corrected chi connectivity index (χ3v) is 4.30. The molecule has 1 aliphatic rings. The molecule has 0 aliphatic carbocycles. The number of hydrogen-bond donors (Lipinski definition) is 1. The average molecular weight is 265 g/mol. The van der Waals surface area contributed by atoms with Gasteiger partial charge in [-0.15, -0.1) is 0 Å². The molecule has 1 aromatic heterocycles. The van der Waals surface area contributed by atoms with Gasteiger partial charge in [-0.05, 0) is 46.2 Å². The van der Waals surface area contributed by atoms with Crippen molar-refractivity contribution in [2.24, 2.45) is 0 Å². The number of piperidine rings is 1. The second kappa shape index (κ2) is 6.06. The van der Waals surface area contributed by atoms with E-state index in [2.05, 4.69) is 35.2 Å². The van der Waals surface area contributed by atoms with E-state index in [9.17, 15) is 5.11 Å². The Hall–Kier alpha value is -0.870. The fourth-order valence-corrected chi connectivity index (χ4v) is 2.96. The van der Waals surface area contributed by atoms with Gasteiger partial charge in [0.05, 0.1) is 0 Å². The SMILES string of the molecule is CCCn1ccnc1C(O)C(C)(C)N1CCCCC1. The van der Waals surface area contributed by atoms with Gasteiger partial charge in [-0.2, -0.15) is 0 Å². The third-order valence-electron chi connectivity index (χ3n) is 4.30. The summed E-state index contributed by atoms with van der Waals surface area (Å²) >= 11 is 0. The van der Waals surface area contributed by atoms with E-state index in [1.54, 1.807) is 6.20 Å². The molecular weight excluding hydrogens is 238 g/mol. The lowest BCUT2D eigenvalue weighted by molar-refractivity contribution is -0.0269. The number of nitrogens with zero attached hydrogens (tertiary/aromatic N) is 3. The van der Waals surface area contributed by atoms with E-state index < -0.39 is 6.10 Å². The second-order valence-corrected chi connectivity index (χ2v) is 6.08. The summed E-state index contributed by atoms with van der Waals surface area (Å²) in [4.78, 5) is 6.79. The fourth-order valence-electron chi connectivity index (χ4n) is 2.96. The molecule has 0 amide bonds. The normalized spacial score (nSPS) is 19.6. The van der Waals surface area contributed by atoms with Crippen LogP contribution in [0.15, 0.2) is 12.4 Å². The van der Waals surface area contributed by atoms with Crippen LogP contribution in [0, 0.1) is 0 Å². The highest BCUT2D eigenvalue weighted by atomic mass is 16.3. The highest BCUT2D eigenvalue weighted by Gasteiger charge is 2.37. The molecule has 1 aliphatic heterocycles. The topological polar surface area (TPSA) is 41.3 Å². The molecule has 4 nitrogen and oxygen atoms in total. The molecule has 2 heterocycles. The van der Waals surface area contributed by atoms with Crippen molar-refractivity contribution in [1.82, 2.24) is 14.5 Å². The van der Waals surface area contributed by atoms with Crippen LogP contribution in [0.25, 0.3) is 0 Å². The molecular formula is C15H27N3O. The number of rotatable bonds is 5. The molecule has 19 heavy (non-hydrogen) atoms. The highest BCUT2D eigenvalue weighted by molar-refractivity contribution is 5.05. The van der Waals surface area contributed by atoms with Gasteiger partial charge in [0.25, 0.3) is 0 Å². The molecule has 1 N–H and O–H groups in total. The van der Waals surface area contributed by atoms with Crippen molar-refractivity contribution >= 4 is 0 Å². The summed E-state index contributed by atoms with van der Waals surface area (Å²) in [5.74, 6) is 0.803. The van der Waals surface area contributed by atoms with Crippen LogP contribution in [-0.4, -0.2) is 38.2 Å². The van der Waals surface area contributed by atoms with Crippen LogP contribution < -0.4 is 0 Å². The maximum absolute atomic E-state index is 10.8. The van der Waals surface area contributed by atoms with E-state index >= 15 is 0 Å². The van der Waals surface area contributed by atoms with E-state index in [0.29, 0.717) is 0 Å². The largest absolute Gasteiger partial charge is 0.383 e. The predicted octanol–water partition coefficient (Wildman–Crippen LogP) is 2.59. The summed E-state index contributed by atoms with van der Waals surface area (Å²) in [5.41, 5.74) is -0.253. The van der Waals surface area contributed by atoms with E-state index in [4.69, 9.17) is 0 Å². The molecule has 0 saturated carbocycles. The van der Waals surface area contributed by atoms with Gasteiger partial charge >= 0.3 is 0 Å². The number of aryl methyl sites for hydroxylation is 1. The van der Waals surface area contributed by atoms with E-state index in [1.807, 2.05) is 6.20 Å². The molecule has 1 atom stereocenters. The number of aromatic nitrogens is 2. The molecule has 0 spiro atoms. The summed E-state index contributed by atoms with van der Waals surface area (Å²) in [5, 5.41) is 10.8. The molecule has 0 aromatic carbocycles. The first-order valence-electron chi connectivity index (χ1n) is 7.51. The number of likely N-dealkylation sites (tertiary alicyclic amines) is 1. The fraction of sp³-hybridized carbons (Fsp3) is 0.800. The van der Waals surface area contributed by atoms with Crippen molar-refractivity contribution in [3.05, 3.63) is 18.2 Å². The number of aliphatic hydroxyl groups excluding tert-OH is 1. The molecule has 1 saturated heterocycles. The van der Waals surface area contributed by atoms with Crippen LogP contribution in [0.2, 0.25) is 0 Å². The summed E-state index contributed by atoms with van der Waals surface area (Å²) < 4.78 is 2.08. The Morgan fingerprint density at radius 3 is 2.63 bits per heavy atom. The lowest BCUT2D eigenvalue weighted by Gasteiger charge is -2.43. The lowest BCUT2D eigenvalue weighted by Crippen LogP contribution is -2.51. The Kier molecular flexibility index (Phi) is 4.63. The van der Waals surface area contributed by atoms with Crippen LogP contribution in [0.5, 0.6) is 0 Å². The Balaban J connectivity index is 2.16. The van der Waals surface area contributed by atoms with Gasteiger partial charge in [0.1, 0.15) is 11.9 Å². The maximum atomic E-state index is 10.8. The van der Waals surface area contributed by atoms with Gasteiger partial charge in [0.15, 0.2) is 0 Å². The minimum atomic E-state index is -0.535. The molecule has 2 rings (SSSR count). The zero-order valence-corrected chi connectivity index (χ0v) is 12.5. The van der Waals surface area contributed by atoms with Gasteiger partial charge in [0.2, 0.25) is 0 Å². The summed E-state index contributed by atoms with van der Waals surface area (Å²) in [6.45, 7) is 9.49. The Labute approximate surface area is 116 Å². The van der Waals surface area contributed by atoms with Crippen LogP contribution in [0.1, 0.15) is 58.4 Å². The number of imidazole rings is 1. The molecule has 0 bridgehead atoms. The molecule has 1 fully saturated rings. The van der Waals surface area contributed by atoms with Crippen molar-refractivity contribution in [3.63, 3.8) is 0 Å². The Morgan fingerprint density at radius 2 is 2.00 bits per heavy atom. The molecule has 4 heteroatoms. The van der Waals surface area contributed by atoms with E-state index in [-0.39, 0.29) is 5.54 Å². The number of aliphatic hydroxyl groups is 1.